The Balaban J connectivity index is 2.32. The zero-order chi connectivity index (χ0) is 14.5. The molecule has 1 heterocycles. The van der Waals surface area contributed by atoms with Gasteiger partial charge >= 0.3 is 0 Å². The number of nitrogens with zero attached hydrogens (tertiary/aromatic N) is 2. The summed E-state index contributed by atoms with van der Waals surface area (Å²) in [5, 5.41) is 6.68. The summed E-state index contributed by atoms with van der Waals surface area (Å²) in [5.41, 5.74) is 4.74. The van der Waals surface area contributed by atoms with Crippen molar-refractivity contribution in [2.45, 2.75) is 34.1 Å². The summed E-state index contributed by atoms with van der Waals surface area (Å²) in [6.45, 7) is 9.27. The van der Waals surface area contributed by atoms with Gasteiger partial charge in [0.2, 0.25) is 0 Å². The van der Waals surface area contributed by atoms with Gasteiger partial charge in [0.1, 0.15) is 18.0 Å². The van der Waals surface area contributed by atoms with E-state index in [1.165, 1.54) is 11.1 Å². The third kappa shape index (κ3) is 3.07. The number of benzene rings is 1. The fourth-order valence-corrected chi connectivity index (χ4v) is 2.13. The summed E-state index contributed by atoms with van der Waals surface area (Å²) in [6, 6.07) is 6.34. The number of nitrogens with one attached hydrogen (secondary N) is 2. The highest BCUT2D eigenvalue weighted by atomic mass is 15.1. The topological polar surface area (TPSA) is 49.8 Å². The summed E-state index contributed by atoms with van der Waals surface area (Å²) in [4.78, 5) is 8.69. The summed E-state index contributed by atoms with van der Waals surface area (Å²) in [6.07, 6.45) is 2.48. The van der Waals surface area contributed by atoms with Gasteiger partial charge in [-0.1, -0.05) is 13.0 Å². The van der Waals surface area contributed by atoms with Crippen molar-refractivity contribution >= 4 is 17.3 Å². The lowest BCUT2D eigenvalue weighted by atomic mass is 10.1. The van der Waals surface area contributed by atoms with Crippen molar-refractivity contribution in [1.29, 1.82) is 0 Å². The Bertz CT molecular complexity index is 593. The summed E-state index contributed by atoms with van der Waals surface area (Å²) in [7, 11) is 0. The second-order valence-corrected chi connectivity index (χ2v) is 4.86. The van der Waals surface area contributed by atoms with Crippen molar-refractivity contribution in [2.24, 2.45) is 0 Å². The standard InChI is InChI=1S/C16H22N4/c1-5-14-15(17-6-2)18-10-19-16(14)20-13-8-7-11(3)12(4)9-13/h7-10H,5-6H2,1-4H3,(H2,17,18,19,20). The quantitative estimate of drug-likeness (QED) is 0.867. The zero-order valence-electron chi connectivity index (χ0n) is 12.6. The van der Waals surface area contributed by atoms with E-state index in [1.54, 1.807) is 6.33 Å². The average molecular weight is 270 g/mol. The Morgan fingerprint density at radius 3 is 2.40 bits per heavy atom. The van der Waals surface area contributed by atoms with Crippen LogP contribution in [-0.4, -0.2) is 16.5 Å². The molecule has 0 saturated heterocycles. The number of hydrogen-bond acceptors (Lipinski definition) is 4. The molecule has 0 amide bonds. The molecule has 0 radical (unpaired) electrons. The van der Waals surface area contributed by atoms with E-state index >= 15 is 0 Å². The molecule has 1 aromatic carbocycles. The molecular weight excluding hydrogens is 248 g/mol. The van der Waals surface area contributed by atoms with Gasteiger partial charge in [0.15, 0.2) is 0 Å². The molecule has 0 spiro atoms. The van der Waals surface area contributed by atoms with E-state index in [0.29, 0.717) is 0 Å². The van der Waals surface area contributed by atoms with Crippen LogP contribution >= 0.6 is 0 Å². The molecule has 4 heteroatoms. The van der Waals surface area contributed by atoms with E-state index in [2.05, 4.69) is 66.5 Å². The van der Waals surface area contributed by atoms with Gasteiger partial charge in [0.05, 0.1) is 0 Å². The van der Waals surface area contributed by atoms with Crippen LogP contribution in [0.4, 0.5) is 17.3 Å². The van der Waals surface area contributed by atoms with Crippen LogP contribution in [0.1, 0.15) is 30.5 Å². The van der Waals surface area contributed by atoms with Gasteiger partial charge in [-0.3, -0.25) is 0 Å². The first-order valence-corrected chi connectivity index (χ1v) is 7.07. The van der Waals surface area contributed by atoms with Crippen LogP contribution in [-0.2, 0) is 6.42 Å². The predicted molar refractivity (Wildman–Crippen MR) is 84.8 cm³/mol. The minimum absolute atomic E-state index is 0.854. The first kappa shape index (κ1) is 14.3. The maximum absolute atomic E-state index is 4.38. The van der Waals surface area contributed by atoms with Gasteiger partial charge in [0, 0.05) is 17.8 Å². The summed E-state index contributed by atoms with van der Waals surface area (Å²) < 4.78 is 0. The fraction of sp³-hybridized carbons (Fsp3) is 0.375. The minimum Gasteiger partial charge on any atom is -0.370 e. The van der Waals surface area contributed by atoms with Crippen LogP contribution in [0.15, 0.2) is 24.5 Å². The molecule has 2 rings (SSSR count). The second-order valence-electron chi connectivity index (χ2n) is 4.86. The number of aromatic nitrogens is 2. The van der Waals surface area contributed by atoms with Crippen LogP contribution in [0.2, 0.25) is 0 Å². The molecule has 0 fully saturated rings. The van der Waals surface area contributed by atoms with Gasteiger partial charge in [-0.05, 0) is 50.5 Å². The summed E-state index contributed by atoms with van der Waals surface area (Å²) >= 11 is 0. The lowest BCUT2D eigenvalue weighted by Gasteiger charge is -2.14. The lowest BCUT2D eigenvalue weighted by molar-refractivity contribution is 1.03. The molecule has 0 aliphatic heterocycles. The third-order valence-corrected chi connectivity index (χ3v) is 3.41. The highest BCUT2D eigenvalue weighted by Gasteiger charge is 2.09. The largest absolute Gasteiger partial charge is 0.370 e. The lowest BCUT2D eigenvalue weighted by Crippen LogP contribution is -2.07. The molecule has 0 aliphatic rings. The van der Waals surface area contributed by atoms with Gasteiger partial charge in [-0.15, -0.1) is 0 Å². The van der Waals surface area contributed by atoms with Crippen LogP contribution in [0.3, 0.4) is 0 Å². The van der Waals surface area contributed by atoms with Crippen molar-refractivity contribution in [3.05, 3.63) is 41.2 Å². The van der Waals surface area contributed by atoms with Crippen molar-refractivity contribution < 1.29 is 0 Å². The van der Waals surface area contributed by atoms with E-state index in [1.807, 2.05) is 0 Å². The average Bonchev–Trinajstić information content (AvgIpc) is 2.44. The maximum atomic E-state index is 4.38. The number of anilines is 3. The van der Waals surface area contributed by atoms with Gasteiger partial charge in [-0.2, -0.15) is 0 Å². The van der Waals surface area contributed by atoms with Crippen LogP contribution in [0, 0.1) is 13.8 Å². The van der Waals surface area contributed by atoms with E-state index in [9.17, 15) is 0 Å². The van der Waals surface area contributed by atoms with Crippen molar-refractivity contribution in [3.63, 3.8) is 0 Å². The molecule has 2 N–H and O–H groups in total. The smallest absolute Gasteiger partial charge is 0.139 e. The summed E-state index contributed by atoms with van der Waals surface area (Å²) in [5.74, 6) is 1.79. The molecular formula is C16H22N4. The Morgan fingerprint density at radius 1 is 1.00 bits per heavy atom. The second kappa shape index (κ2) is 6.37. The fourth-order valence-electron chi connectivity index (χ4n) is 2.13. The Labute approximate surface area is 120 Å². The third-order valence-electron chi connectivity index (χ3n) is 3.41. The molecule has 0 aliphatic carbocycles. The van der Waals surface area contributed by atoms with E-state index < -0.39 is 0 Å². The number of rotatable bonds is 5. The van der Waals surface area contributed by atoms with Crippen LogP contribution in [0.5, 0.6) is 0 Å². The van der Waals surface area contributed by atoms with Crippen molar-refractivity contribution in [1.82, 2.24) is 9.97 Å². The van der Waals surface area contributed by atoms with Gasteiger partial charge < -0.3 is 10.6 Å². The molecule has 1 aromatic heterocycles. The van der Waals surface area contributed by atoms with Crippen molar-refractivity contribution in [3.8, 4) is 0 Å². The van der Waals surface area contributed by atoms with E-state index in [0.717, 1.165) is 35.9 Å². The highest BCUT2D eigenvalue weighted by molar-refractivity contribution is 5.65. The first-order chi connectivity index (χ1) is 9.65. The Hall–Kier alpha value is -2.10. The van der Waals surface area contributed by atoms with Crippen LogP contribution < -0.4 is 10.6 Å². The monoisotopic (exact) mass is 270 g/mol. The molecule has 0 unspecified atom stereocenters. The molecule has 106 valence electrons. The van der Waals surface area contributed by atoms with Crippen molar-refractivity contribution in [2.75, 3.05) is 17.2 Å². The maximum Gasteiger partial charge on any atom is 0.139 e. The SMILES string of the molecule is CCNc1ncnc(Nc2ccc(C)c(C)c2)c1CC. The number of hydrogen-bond donors (Lipinski definition) is 2. The Kier molecular flexibility index (Phi) is 4.56. The molecule has 0 saturated carbocycles. The Morgan fingerprint density at radius 2 is 1.75 bits per heavy atom. The highest BCUT2D eigenvalue weighted by Crippen LogP contribution is 2.24. The number of aryl methyl sites for hydroxylation is 2. The van der Waals surface area contributed by atoms with E-state index in [-0.39, 0.29) is 0 Å². The molecule has 4 nitrogen and oxygen atoms in total. The normalized spacial score (nSPS) is 10.4. The molecule has 0 bridgehead atoms. The zero-order valence-corrected chi connectivity index (χ0v) is 12.6. The first-order valence-electron chi connectivity index (χ1n) is 7.07. The molecule has 0 atom stereocenters. The minimum atomic E-state index is 0.854. The van der Waals surface area contributed by atoms with Gasteiger partial charge in [0.25, 0.3) is 0 Å². The molecule has 20 heavy (non-hydrogen) atoms. The molecule has 2 aromatic rings. The predicted octanol–water partition coefficient (Wildman–Crippen LogP) is 3.83. The van der Waals surface area contributed by atoms with Gasteiger partial charge in [-0.25, -0.2) is 9.97 Å². The van der Waals surface area contributed by atoms with E-state index in [4.69, 9.17) is 0 Å². The van der Waals surface area contributed by atoms with Crippen LogP contribution in [0.25, 0.3) is 0 Å².